The highest BCUT2D eigenvalue weighted by Gasteiger charge is 2.47. The Morgan fingerprint density at radius 1 is 1.25 bits per heavy atom. The summed E-state index contributed by atoms with van der Waals surface area (Å²) in [5, 5.41) is 9.00. The number of hydrogen-bond donors (Lipinski definition) is 1. The number of hydrogen-bond acceptors (Lipinski definition) is 2. The van der Waals surface area contributed by atoms with Gasteiger partial charge in [0.1, 0.15) is 0 Å². The Morgan fingerprint density at radius 2 is 1.95 bits per heavy atom. The number of carbonyl (C=O) groups is 2. The summed E-state index contributed by atoms with van der Waals surface area (Å²) >= 11 is 0. The van der Waals surface area contributed by atoms with Crippen LogP contribution in [-0.2, 0) is 11.2 Å². The van der Waals surface area contributed by atoms with Crippen LogP contribution in [0.3, 0.4) is 0 Å². The van der Waals surface area contributed by atoms with Crippen LogP contribution in [-0.4, -0.2) is 41.6 Å². The molecule has 0 radical (unpaired) electrons. The molecular formula is C15H18N2O3. The summed E-state index contributed by atoms with van der Waals surface area (Å²) in [5.41, 5.74) is 2.17. The summed E-state index contributed by atoms with van der Waals surface area (Å²) in [7, 11) is 0. The van der Waals surface area contributed by atoms with Gasteiger partial charge in [-0.05, 0) is 24.1 Å². The number of nitrogens with zero attached hydrogens (tertiary/aromatic N) is 2. The molecule has 0 aliphatic carbocycles. The van der Waals surface area contributed by atoms with Crippen LogP contribution >= 0.6 is 0 Å². The average molecular weight is 274 g/mol. The number of anilines is 1. The first kappa shape index (κ1) is 13.0. The second kappa shape index (κ2) is 4.81. The van der Waals surface area contributed by atoms with Crippen molar-refractivity contribution in [1.82, 2.24) is 4.90 Å². The molecule has 0 spiro atoms. The summed E-state index contributed by atoms with van der Waals surface area (Å²) < 4.78 is 0. The number of rotatable bonds is 2. The maximum atomic E-state index is 12.4. The summed E-state index contributed by atoms with van der Waals surface area (Å²) in [4.78, 5) is 26.5. The van der Waals surface area contributed by atoms with Crippen LogP contribution in [0.25, 0.3) is 0 Å². The third-order valence-electron chi connectivity index (χ3n) is 4.37. The Hall–Kier alpha value is -2.04. The van der Waals surface area contributed by atoms with Gasteiger partial charge in [-0.1, -0.05) is 19.1 Å². The first-order valence-corrected chi connectivity index (χ1v) is 6.98. The summed E-state index contributed by atoms with van der Waals surface area (Å²) in [6, 6.07) is 8.04. The maximum Gasteiger partial charge on any atom is 0.407 e. The SMILES string of the molecule is CCc1ccc(N2C[C@H]3CN(C(=O)O)C[C@@H]3C2=O)cc1. The lowest BCUT2D eigenvalue weighted by molar-refractivity contribution is -0.120. The highest BCUT2D eigenvalue weighted by Crippen LogP contribution is 2.35. The summed E-state index contributed by atoms with van der Waals surface area (Å²) in [6.07, 6.45) is 0.0543. The van der Waals surface area contributed by atoms with Gasteiger partial charge in [-0.25, -0.2) is 4.79 Å². The normalized spacial score (nSPS) is 25.1. The number of fused-ring (bicyclic) bond motifs is 1. The molecule has 106 valence electrons. The quantitative estimate of drug-likeness (QED) is 0.895. The zero-order valence-corrected chi connectivity index (χ0v) is 11.5. The number of carboxylic acid groups (broad SMARTS) is 1. The van der Waals surface area contributed by atoms with Gasteiger partial charge in [0.2, 0.25) is 5.91 Å². The molecule has 0 bridgehead atoms. The molecule has 5 heteroatoms. The molecular weight excluding hydrogens is 256 g/mol. The van der Waals surface area contributed by atoms with Crippen molar-refractivity contribution in [2.45, 2.75) is 13.3 Å². The summed E-state index contributed by atoms with van der Waals surface area (Å²) in [6.45, 7) is 3.53. The monoisotopic (exact) mass is 274 g/mol. The Kier molecular flexibility index (Phi) is 3.12. The van der Waals surface area contributed by atoms with Crippen molar-refractivity contribution in [3.8, 4) is 0 Å². The standard InChI is InChI=1S/C15H18N2O3/c1-2-10-3-5-12(6-4-10)17-8-11-7-16(15(19)20)9-13(11)14(17)18/h3-6,11,13H,2,7-9H2,1H3,(H,19,20)/t11-,13+/m1/s1. The molecule has 5 nitrogen and oxygen atoms in total. The van der Waals surface area contributed by atoms with Crippen LogP contribution in [0, 0.1) is 11.8 Å². The van der Waals surface area contributed by atoms with Gasteiger partial charge in [0.15, 0.2) is 0 Å². The predicted molar refractivity (Wildman–Crippen MR) is 74.8 cm³/mol. The molecule has 0 saturated carbocycles. The molecule has 1 N–H and O–H groups in total. The van der Waals surface area contributed by atoms with E-state index >= 15 is 0 Å². The van der Waals surface area contributed by atoms with Crippen molar-refractivity contribution in [2.75, 3.05) is 24.5 Å². The molecule has 2 amide bonds. The van der Waals surface area contributed by atoms with Gasteiger partial charge >= 0.3 is 6.09 Å². The molecule has 2 aliphatic heterocycles. The fourth-order valence-electron chi connectivity index (χ4n) is 3.16. The molecule has 2 atom stereocenters. The molecule has 0 unspecified atom stereocenters. The van der Waals surface area contributed by atoms with Gasteiger partial charge < -0.3 is 14.9 Å². The van der Waals surface area contributed by atoms with Crippen molar-refractivity contribution >= 4 is 17.7 Å². The molecule has 1 aromatic carbocycles. The molecule has 2 aliphatic rings. The van der Waals surface area contributed by atoms with E-state index in [1.165, 1.54) is 10.5 Å². The van der Waals surface area contributed by atoms with E-state index in [0.717, 1.165) is 12.1 Å². The minimum atomic E-state index is -0.925. The van der Waals surface area contributed by atoms with Gasteiger partial charge in [-0.2, -0.15) is 0 Å². The second-order valence-corrected chi connectivity index (χ2v) is 5.52. The number of likely N-dealkylation sites (tertiary alicyclic amines) is 1. The maximum absolute atomic E-state index is 12.4. The lowest BCUT2D eigenvalue weighted by Gasteiger charge is -2.20. The van der Waals surface area contributed by atoms with E-state index in [9.17, 15) is 9.59 Å². The first-order chi connectivity index (χ1) is 9.60. The van der Waals surface area contributed by atoms with E-state index in [1.807, 2.05) is 24.3 Å². The zero-order chi connectivity index (χ0) is 14.3. The highest BCUT2D eigenvalue weighted by atomic mass is 16.4. The van der Waals surface area contributed by atoms with Crippen LogP contribution in [0.4, 0.5) is 10.5 Å². The van der Waals surface area contributed by atoms with Gasteiger partial charge in [0.25, 0.3) is 0 Å². The largest absolute Gasteiger partial charge is 0.465 e. The van der Waals surface area contributed by atoms with Crippen LogP contribution in [0.2, 0.25) is 0 Å². The van der Waals surface area contributed by atoms with E-state index in [1.54, 1.807) is 4.90 Å². The number of benzene rings is 1. The van der Waals surface area contributed by atoms with E-state index in [0.29, 0.717) is 19.6 Å². The van der Waals surface area contributed by atoms with E-state index < -0.39 is 6.09 Å². The van der Waals surface area contributed by atoms with Crippen LogP contribution < -0.4 is 4.90 Å². The Balaban J connectivity index is 1.75. The molecule has 2 fully saturated rings. The zero-order valence-electron chi connectivity index (χ0n) is 11.5. The lowest BCUT2D eigenvalue weighted by atomic mass is 10.0. The molecule has 2 heterocycles. The van der Waals surface area contributed by atoms with Crippen LogP contribution in [0.5, 0.6) is 0 Å². The molecule has 2 saturated heterocycles. The van der Waals surface area contributed by atoms with Crippen molar-refractivity contribution in [3.63, 3.8) is 0 Å². The van der Waals surface area contributed by atoms with Crippen molar-refractivity contribution in [1.29, 1.82) is 0 Å². The smallest absolute Gasteiger partial charge is 0.407 e. The van der Waals surface area contributed by atoms with E-state index in [2.05, 4.69) is 6.92 Å². The summed E-state index contributed by atoms with van der Waals surface area (Å²) in [5.74, 6) is 0.0180. The molecule has 20 heavy (non-hydrogen) atoms. The molecule has 0 aromatic heterocycles. The minimum Gasteiger partial charge on any atom is -0.465 e. The average Bonchev–Trinajstić information content (AvgIpc) is 2.99. The molecule has 1 aromatic rings. The van der Waals surface area contributed by atoms with Crippen molar-refractivity contribution < 1.29 is 14.7 Å². The fraction of sp³-hybridized carbons (Fsp3) is 0.467. The Labute approximate surface area is 117 Å². The van der Waals surface area contributed by atoms with Gasteiger partial charge in [-0.3, -0.25) is 4.79 Å². The number of aryl methyl sites for hydroxylation is 1. The third-order valence-corrected chi connectivity index (χ3v) is 4.37. The predicted octanol–water partition coefficient (Wildman–Crippen LogP) is 1.82. The fourth-order valence-corrected chi connectivity index (χ4v) is 3.16. The van der Waals surface area contributed by atoms with Crippen LogP contribution in [0.15, 0.2) is 24.3 Å². The number of amides is 2. The van der Waals surface area contributed by atoms with E-state index in [-0.39, 0.29) is 17.7 Å². The Morgan fingerprint density at radius 3 is 2.50 bits per heavy atom. The van der Waals surface area contributed by atoms with Crippen molar-refractivity contribution in [2.24, 2.45) is 11.8 Å². The minimum absolute atomic E-state index is 0.0583. The molecule has 3 rings (SSSR count). The Bertz CT molecular complexity index is 541. The van der Waals surface area contributed by atoms with Gasteiger partial charge in [-0.15, -0.1) is 0 Å². The number of carbonyl (C=O) groups excluding carboxylic acids is 1. The lowest BCUT2D eigenvalue weighted by Crippen LogP contribution is -2.34. The van der Waals surface area contributed by atoms with Crippen molar-refractivity contribution in [3.05, 3.63) is 29.8 Å². The second-order valence-electron chi connectivity index (χ2n) is 5.52. The third kappa shape index (κ3) is 2.03. The van der Waals surface area contributed by atoms with Crippen LogP contribution in [0.1, 0.15) is 12.5 Å². The van der Waals surface area contributed by atoms with E-state index in [4.69, 9.17) is 5.11 Å². The first-order valence-electron chi connectivity index (χ1n) is 6.98. The van der Waals surface area contributed by atoms with Gasteiger partial charge in [0.05, 0.1) is 5.92 Å². The highest BCUT2D eigenvalue weighted by molar-refractivity contribution is 5.98. The topological polar surface area (TPSA) is 60.9 Å². The van der Waals surface area contributed by atoms with Gasteiger partial charge in [0, 0.05) is 31.2 Å².